The summed E-state index contributed by atoms with van der Waals surface area (Å²) < 4.78 is 15.5. The van der Waals surface area contributed by atoms with Crippen molar-refractivity contribution in [3.8, 4) is 28.7 Å². The van der Waals surface area contributed by atoms with Crippen molar-refractivity contribution in [2.45, 2.75) is 26.2 Å². The van der Waals surface area contributed by atoms with E-state index in [1.54, 1.807) is 0 Å². The summed E-state index contributed by atoms with van der Waals surface area (Å²) in [5.41, 5.74) is 0.537. The number of methoxy groups -OCH3 is 3. The van der Waals surface area contributed by atoms with Crippen LogP contribution in [0.5, 0.6) is 28.7 Å². The summed E-state index contributed by atoms with van der Waals surface area (Å²) in [6.45, 7) is 2.05. The van der Waals surface area contributed by atoms with Gasteiger partial charge in [0.15, 0.2) is 11.5 Å². The third kappa shape index (κ3) is 2.39. The highest BCUT2D eigenvalue weighted by Gasteiger charge is 2.25. The van der Waals surface area contributed by atoms with Crippen molar-refractivity contribution >= 4 is 0 Å². The van der Waals surface area contributed by atoms with E-state index >= 15 is 0 Å². The first kappa shape index (κ1) is 14.3. The number of rotatable bonds is 6. The normalized spacial score (nSPS) is 10.2. The van der Waals surface area contributed by atoms with Crippen LogP contribution in [0.1, 0.15) is 25.3 Å². The van der Waals surface area contributed by atoms with E-state index < -0.39 is 0 Å². The number of hydrogen-bond donors (Lipinski definition) is 2. The molecule has 18 heavy (non-hydrogen) atoms. The number of ether oxygens (including phenoxy) is 3. The zero-order valence-electron chi connectivity index (χ0n) is 11.2. The molecule has 2 N–H and O–H groups in total. The maximum atomic E-state index is 10.0. The fourth-order valence-corrected chi connectivity index (χ4v) is 1.88. The largest absolute Gasteiger partial charge is 0.504 e. The lowest BCUT2D eigenvalue weighted by Crippen LogP contribution is -2.00. The molecule has 0 spiro atoms. The van der Waals surface area contributed by atoms with Gasteiger partial charge in [-0.3, -0.25) is 0 Å². The van der Waals surface area contributed by atoms with E-state index in [1.807, 2.05) is 6.92 Å². The molecule has 1 aromatic rings. The summed E-state index contributed by atoms with van der Waals surface area (Å²) in [6.07, 6.45) is 2.44. The molecule has 1 aromatic carbocycles. The topological polar surface area (TPSA) is 68.2 Å². The molecule has 0 saturated carbocycles. The Balaban J connectivity index is 3.45. The predicted octanol–water partition coefficient (Wildman–Crippen LogP) is 2.47. The standard InChI is InChI=1S/C13H20O5/c1-5-6-7-8-9(14)10(15)12(17-3)13(18-4)11(8)16-2/h14-15H,5-7H2,1-4H3. The summed E-state index contributed by atoms with van der Waals surface area (Å²) in [4.78, 5) is 0. The first-order chi connectivity index (χ1) is 8.62. The van der Waals surface area contributed by atoms with Crippen LogP contribution >= 0.6 is 0 Å². The molecule has 0 amide bonds. The Bertz CT molecular complexity index is 415. The molecule has 5 heteroatoms. The fraction of sp³-hybridized carbons (Fsp3) is 0.538. The number of phenols is 2. The van der Waals surface area contributed by atoms with Gasteiger partial charge in [-0.15, -0.1) is 0 Å². The maximum absolute atomic E-state index is 10.0. The summed E-state index contributed by atoms with van der Waals surface area (Å²) in [7, 11) is 4.34. The lowest BCUT2D eigenvalue weighted by atomic mass is 10.0. The van der Waals surface area contributed by atoms with E-state index in [4.69, 9.17) is 14.2 Å². The van der Waals surface area contributed by atoms with Crippen molar-refractivity contribution < 1.29 is 24.4 Å². The van der Waals surface area contributed by atoms with Crippen molar-refractivity contribution in [3.05, 3.63) is 5.56 Å². The van der Waals surface area contributed by atoms with Crippen molar-refractivity contribution in [1.29, 1.82) is 0 Å². The molecular weight excluding hydrogens is 236 g/mol. The molecule has 0 fully saturated rings. The zero-order chi connectivity index (χ0) is 13.7. The van der Waals surface area contributed by atoms with Crippen LogP contribution in [-0.2, 0) is 6.42 Å². The molecule has 0 saturated heterocycles. The zero-order valence-corrected chi connectivity index (χ0v) is 11.2. The summed E-state index contributed by atoms with van der Waals surface area (Å²) in [5, 5.41) is 19.9. The Morgan fingerprint density at radius 3 is 1.83 bits per heavy atom. The van der Waals surface area contributed by atoms with Crippen LogP contribution in [0.2, 0.25) is 0 Å². The van der Waals surface area contributed by atoms with Gasteiger partial charge in [0, 0.05) is 5.56 Å². The van der Waals surface area contributed by atoms with Gasteiger partial charge in [-0.05, 0) is 12.8 Å². The van der Waals surface area contributed by atoms with Gasteiger partial charge in [-0.2, -0.15) is 0 Å². The molecule has 0 aliphatic rings. The second kappa shape index (κ2) is 6.23. The molecule has 0 unspecified atom stereocenters. The van der Waals surface area contributed by atoms with Crippen LogP contribution in [0.3, 0.4) is 0 Å². The second-order valence-corrected chi connectivity index (χ2v) is 3.88. The van der Waals surface area contributed by atoms with E-state index in [0.29, 0.717) is 23.5 Å². The van der Waals surface area contributed by atoms with Gasteiger partial charge in [0.1, 0.15) is 0 Å². The van der Waals surface area contributed by atoms with E-state index in [2.05, 4.69) is 0 Å². The van der Waals surface area contributed by atoms with Crippen molar-refractivity contribution in [2.75, 3.05) is 21.3 Å². The molecule has 1 rings (SSSR count). The first-order valence-corrected chi connectivity index (χ1v) is 5.84. The minimum Gasteiger partial charge on any atom is -0.504 e. The predicted molar refractivity (Wildman–Crippen MR) is 68.0 cm³/mol. The van der Waals surface area contributed by atoms with Crippen LogP contribution in [-0.4, -0.2) is 31.5 Å². The third-order valence-electron chi connectivity index (χ3n) is 2.80. The molecule has 5 nitrogen and oxygen atoms in total. The quantitative estimate of drug-likeness (QED) is 0.765. The van der Waals surface area contributed by atoms with E-state index in [9.17, 15) is 10.2 Å². The minimum absolute atomic E-state index is 0.0760. The Labute approximate surface area is 107 Å². The first-order valence-electron chi connectivity index (χ1n) is 5.84. The molecule has 0 bridgehead atoms. The third-order valence-corrected chi connectivity index (χ3v) is 2.80. The Hall–Kier alpha value is -1.78. The average molecular weight is 256 g/mol. The molecule has 0 radical (unpaired) electrons. The SMILES string of the molecule is CCCCc1c(O)c(O)c(OC)c(OC)c1OC. The molecule has 0 aliphatic heterocycles. The van der Waals surface area contributed by atoms with Crippen LogP contribution in [0.15, 0.2) is 0 Å². The molecule has 0 aliphatic carbocycles. The molecular formula is C13H20O5. The molecule has 0 heterocycles. The van der Waals surface area contributed by atoms with Crippen LogP contribution in [0, 0.1) is 0 Å². The lowest BCUT2D eigenvalue weighted by molar-refractivity contribution is 0.297. The highest BCUT2D eigenvalue weighted by Crippen LogP contribution is 2.52. The second-order valence-electron chi connectivity index (χ2n) is 3.88. The van der Waals surface area contributed by atoms with E-state index in [0.717, 1.165) is 12.8 Å². The highest BCUT2D eigenvalue weighted by molar-refractivity contribution is 5.69. The lowest BCUT2D eigenvalue weighted by Gasteiger charge is -2.18. The van der Waals surface area contributed by atoms with Gasteiger partial charge in [0.05, 0.1) is 21.3 Å². The number of hydrogen-bond acceptors (Lipinski definition) is 5. The molecule has 102 valence electrons. The highest BCUT2D eigenvalue weighted by atomic mass is 16.5. The van der Waals surface area contributed by atoms with Crippen molar-refractivity contribution in [2.24, 2.45) is 0 Å². The summed E-state index contributed by atoms with van der Waals surface area (Å²) in [6, 6.07) is 0. The van der Waals surface area contributed by atoms with Gasteiger partial charge < -0.3 is 24.4 Å². The summed E-state index contributed by atoms with van der Waals surface area (Å²) in [5.74, 6) is 0.241. The van der Waals surface area contributed by atoms with Crippen molar-refractivity contribution in [3.63, 3.8) is 0 Å². The maximum Gasteiger partial charge on any atom is 0.211 e. The van der Waals surface area contributed by atoms with Gasteiger partial charge in [0.2, 0.25) is 17.2 Å². The number of benzene rings is 1. The number of aromatic hydroxyl groups is 2. The average Bonchev–Trinajstić information content (AvgIpc) is 2.39. The van der Waals surface area contributed by atoms with Gasteiger partial charge in [0.25, 0.3) is 0 Å². The minimum atomic E-state index is -0.318. The van der Waals surface area contributed by atoms with Gasteiger partial charge >= 0.3 is 0 Å². The number of unbranched alkanes of at least 4 members (excludes halogenated alkanes) is 1. The Morgan fingerprint density at radius 2 is 1.39 bits per heavy atom. The van der Waals surface area contributed by atoms with Crippen LogP contribution in [0.4, 0.5) is 0 Å². The van der Waals surface area contributed by atoms with Crippen LogP contribution in [0.25, 0.3) is 0 Å². The molecule has 0 aromatic heterocycles. The Morgan fingerprint density at radius 1 is 0.833 bits per heavy atom. The summed E-state index contributed by atoms with van der Waals surface area (Å²) >= 11 is 0. The molecule has 0 atom stereocenters. The van der Waals surface area contributed by atoms with Crippen LogP contribution < -0.4 is 14.2 Å². The fourth-order valence-electron chi connectivity index (χ4n) is 1.88. The smallest absolute Gasteiger partial charge is 0.211 e. The number of phenolic OH excluding ortho intramolecular Hbond substituents is 2. The monoisotopic (exact) mass is 256 g/mol. The Kier molecular flexibility index (Phi) is 4.95. The van der Waals surface area contributed by atoms with E-state index in [-0.39, 0.29) is 17.2 Å². The van der Waals surface area contributed by atoms with E-state index in [1.165, 1.54) is 21.3 Å². The van der Waals surface area contributed by atoms with Gasteiger partial charge in [-0.25, -0.2) is 0 Å². The van der Waals surface area contributed by atoms with Crippen molar-refractivity contribution in [1.82, 2.24) is 0 Å². The van der Waals surface area contributed by atoms with Gasteiger partial charge in [-0.1, -0.05) is 13.3 Å².